The molecular formula is C18H20N2O2S. The van der Waals surface area contributed by atoms with E-state index in [1.165, 1.54) is 17.8 Å². The molecule has 3 fully saturated rings. The van der Waals surface area contributed by atoms with Gasteiger partial charge in [0.2, 0.25) is 0 Å². The molecule has 2 heterocycles. The molecule has 3 aliphatic rings. The minimum Gasteiger partial charge on any atom is -0.364 e. The predicted molar refractivity (Wildman–Crippen MR) is 90.5 cm³/mol. The van der Waals surface area contributed by atoms with Crippen LogP contribution in [0.2, 0.25) is 0 Å². The number of carbonyl (C=O) groups excluding carboxylic acids is 1. The Morgan fingerprint density at radius 3 is 2.96 bits per heavy atom. The van der Waals surface area contributed by atoms with E-state index in [1.807, 2.05) is 24.3 Å². The largest absolute Gasteiger partial charge is 0.364 e. The van der Waals surface area contributed by atoms with Crippen LogP contribution >= 0.6 is 11.3 Å². The van der Waals surface area contributed by atoms with Crippen LogP contribution in [0.3, 0.4) is 0 Å². The van der Waals surface area contributed by atoms with Crippen LogP contribution < -0.4 is 5.32 Å². The molecule has 1 saturated heterocycles. The highest BCUT2D eigenvalue weighted by atomic mass is 32.1. The molecule has 4 bridgehead atoms. The summed E-state index contributed by atoms with van der Waals surface area (Å²) in [4.78, 5) is 17.7. The monoisotopic (exact) mass is 328 g/mol. The Labute approximate surface area is 139 Å². The smallest absolute Gasteiger partial charge is 0.259 e. The van der Waals surface area contributed by atoms with Crippen LogP contribution in [0, 0.1) is 16.7 Å². The number of benzene rings is 1. The summed E-state index contributed by atoms with van der Waals surface area (Å²) in [5.41, 5.74) is 0.368. The van der Waals surface area contributed by atoms with Crippen LogP contribution in [0.4, 0.5) is 5.13 Å². The van der Waals surface area contributed by atoms with E-state index >= 15 is 0 Å². The summed E-state index contributed by atoms with van der Waals surface area (Å²) < 4.78 is 7.25. The second-order valence-electron chi connectivity index (χ2n) is 7.75. The molecule has 1 aromatic heterocycles. The van der Waals surface area contributed by atoms with Gasteiger partial charge in [0.05, 0.1) is 16.8 Å². The number of anilines is 1. The molecule has 1 amide bonds. The van der Waals surface area contributed by atoms with E-state index in [0.717, 1.165) is 23.1 Å². The van der Waals surface area contributed by atoms with Gasteiger partial charge >= 0.3 is 0 Å². The maximum absolute atomic E-state index is 13.1. The fraction of sp³-hybridized carbons (Fsp3) is 0.556. The lowest BCUT2D eigenvalue weighted by Gasteiger charge is -2.39. The van der Waals surface area contributed by atoms with E-state index in [2.05, 4.69) is 24.1 Å². The number of nitrogens with zero attached hydrogens (tertiary/aromatic N) is 1. The minimum atomic E-state index is -0.664. The average molecular weight is 328 g/mol. The van der Waals surface area contributed by atoms with Gasteiger partial charge in [-0.1, -0.05) is 37.3 Å². The SMILES string of the molecule is C[C@@]12CC[C@@H]3C[C@@]1(C(=O)Nc1nc4ccccc4s1)OC[C@@]32C. The zero-order chi connectivity index (χ0) is 15.9. The summed E-state index contributed by atoms with van der Waals surface area (Å²) in [6, 6.07) is 7.97. The summed E-state index contributed by atoms with van der Waals surface area (Å²) in [5.74, 6) is 0.618. The molecule has 2 aliphatic carbocycles. The first-order valence-corrected chi connectivity index (χ1v) is 9.11. The van der Waals surface area contributed by atoms with Crippen molar-refractivity contribution < 1.29 is 9.53 Å². The lowest BCUT2D eigenvalue weighted by Crippen LogP contribution is -2.52. The van der Waals surface area contributed by atoms with Gasteiger partial charge in [-0.3, -0.25) is 10.1 Å². The molecule has 23 heavy (non-hydrogen) atoms. The highest BCUT2D eigenvalue weighted by Crippen LogP contribution is 2.75. The molecule has 2 saturated carbocycles. The standard InChI is InChI=1S/C18H20N2O2S/c1-16-10-22-18(9-11(16)7-8-17(16,18)2)14(21)20-15-19-12-5-3-4-6-13(12)23-15/h3-6,11H,7-10H2,1-2H3,(H,19,20,21)/t11-,16+,17+,18+/m1/s1. The molecule has 2 aromatic rings. The van der Waals surface area contributed by atoms with E-state index < -0.39 is 5.60 Å². The maximum Gasteiger partial charge on any atom is 0.259 e. The first-order valence-electron chi connectivity index (χ1n) is 8.30. The van der Waals surface area contributed by atoms with Gasteiger partial charge in [-0.25, -0.2) is 4.98 Å². The van der Waals surface area contributed by atoms with Crippen molar-refractivity contribution in [2.45, 2.75) is 38.7 Å². The van der Waals surface area contributed by atoms with Gasteiger partial charge in [-0.2, -0.15) is 0 Å². The summed E-state index contributed by atoms with van der Waals surface area (Å²) in [6.45, 7) is 5.27. The van der Waals surface area contributed by atoms with E-state index in [1.54, 1.807) is 0 Å². The number of rotatable bonds is 2. The van der Waals surface area contributed by atoms with Gasteiger partial charge < -0.3 is 4.74 Å². The van der Waals surface area contributed by atoms with Crippen LogP contribution in [-0.4, -0.2) is 23.1 Å². The molecule has 0 spiro atoms. The van der Waals surface area contributed by atoms with Crippen molar-refractivity contribution in [3.8, 4) is 0 Å². The Kier molecular flexibility index (Phi) is 2.51. The molecule has 0 unspecified atom stereocenters. The molecular weight excluding hydrogens is 308 g/mol. The highest BCUT2D eigenvalue weighted by molar-refractivity contribution is 7.22. The van der Waals surface area contributed by atoms with Gasteiger partial charge in [0.1, 0.15) is 0 Å². The summed E-state index contributed by atoms with van der Waals surface area (Å²) >= 11 is 1.53. The number of hydrogen-bond acceptors (Lipinski definition) is 4. The Morgan fingerprint density at radius 1 is 1.39 bits per heavy atom. The number of nitrogens with one attached hydrogen (secondary N) is 1. The molecule has 1 aromatic carbocycles. The van der Waals surface area contributed by atoms with E-state index in [0.29, 0.717) is 17.7 Å². The van der Waals surface area contributed by atoms with E-state index in [4.69, 9.17) is 4.74 Å². The zero-order valence-corrected chi connectivity index (χ0v) is 14.2. The number of fused-ring (bicyclic) bond motifs is 1. The van der Waals surface area contributed by atoms with Crippen molar-refractivity contribution in [2.24, 2.45) is 16.7 Å². The average Bonchev–Trinajstić information content (AvgIpc) is 3.17. The summed E-state index contributed by atoms with van der Waals surface area (Å²) in [5, 5.41) is 3.74. The van der Waals surface area contributed by atoms with Crippen molar-refractivity contribution >= 4 is 32.6 Å². The second kappa shape index (κ2) is 4.14. The fourth-order valence-corrected chi connectivity index (χ4v) is 6.24. The summed E-state index contributed by atoms with van der Waals surface area (Å²) in [7, 11) is 0. The maximum atomic E-state index is 13.1. The van der Waals surface area contributed by atoms with Crippen molar-refractivity contribution in [3.63, 3.8) is 0 Å². The van der Waals surface area contributed by atoms with Gasteiger partial charge in [-0.15, -0.1) is 0 Å². The third kappa shape index (κ3) is 1.46. The van der Waals surface area contributed by atoms with Gasteiger partial charge in [0.15, 0.2) is 10.7 Å². The Balaban J connectivity index is 1.49. The van der Waals surface area contributed by atoms with Crippen molar-refractivity contribution in [3.05, 3.63) is 24.3 Å². The fourth-order valence-electron chi connectivity index (χ4n) is 5.38. The van der Waals surface area contributed by atoms with Crippen LogP contribution in [0.25, 0.3) is 10.2 Å². The molecule has 1 N–H and O–H groups in total. The number of amides is 1. The van der Waals surface area contributed by atoms with E-state index in [9.17, 15) is 4.79 Å². The molecule has 4 nitrogen and oxygen atoms in total. The predicted octanol–water partition coefficient (Wildman–Crippen LogP) is 3.83. The minimum absolute atomic E-state index is 0.00461. The number of ether oxygens (including phenoxy) is 1. The number of hydrogen-bond donors (Lipinski definition) is 1. The van der Waals surface area contributed by atoms with Crippen LogP contribution in [0.5, 0.6) is 0 Å². The van der Waals surface area contributed by atoms with Crippen LogP contribution in [-0.2, 0) is 9.53 Å². The van der Waals surface area contributed by atoms with Crippen LogP contribution in [0.15, 0.2) is 24.3 Å². The number of carbonyl (C=O) groups is 1. The highest BCUT2D eigenvalue weighted by Gasteiger charge is 2.78. The molecule has 1 aliphatic heterocycles. The Hall–Kier alpha value is -1.46. The Bertz CT molecular complexity index is 800. The molecule has 120 valence electrons. The number of thiazole rings is 1. The van der Waals surface area contributed by atoms with Crippen molar-refractivity contribution in [1.29, 1.82) is 0 Å². The Morgan fingerprint density at radius 2 is 2.22 bits per heavy atom. The zero-order valence-electron chi connectivity index (χ0n) is 13.4. The third-order valence-electron chi connectivity index (χ3n) is 7.08. The lowest BCUT2D eigenvalue weighted by atomic mass is 9.66. The first-order chi connectivity index (χ1) is 11.0. The first kappa shape index (κ1) is 13.9. The normalized spacial score (nSPS) is 40.9. The van der Waals surface area contributed by atoms with Crippen LogP contribution in [0.1, 0.15) is 33.1 Å². The molecule has 0 radical (unpaired) electrons. The van der Waals surface area contributed by atoms with Crippen molar-refractivity contribution in [2.75, 3.05) is 11.9 Å². The number of para-hydroxylation sites is 1. The quantitative estimate of drug-likeness (QED) is 0.911. The topological polar surface area (TPSA) is 51.2 Å². The lowest BCUT2D eigenvalue weighted by molar-refractivity contribution is -0.149. The van der Waals surface area contributed by atoms with Gasteiger partial charge in [0, 0.05) is 10.8 Å². The van der Waals surface area contributed by atoms with Crippen molar-refractivity contribution in [1.82, 2.24) is 4.98 Å². The second-order valence-corrected chi connectivity index (χ2v) is 8.78. The van der Waals surface area contributed by atoms with Gasteiger partial charge in [0.25, 0.3) is 5.91 Å². The van der Waals surface area contributed by atoms with Gasteiger partial charge in [-0.05, 0) is 37.3 Å². The third-order valence-corrected chi connectivity index (χ3v) is 8.03. The molecule has 4 atom stereocenters. The molecule has 5 heteroatoms. The summed E-state index contributed by atoms with van der Waals surface area (Å²) in [6.07, 6.45) is 3.17. The van der Waals surface area contributed by atoms with E-state index in [-0.39, 0.29) is 16.7 Å². The number of aromatic nitrogens is 1. The molecule has 5 rings (SSSR count).